The van der Waals surface area contributed by atoms with Gasteiger partial charge in [-0.1, -0.05) is 0 Å². The molecule has 0 aliphatic rings. The molecule has 2 aromatic rings. The molecule has 0 heterocycles. The van der Waals surface area contributed by atoms with E-state index in [4.69, 9.17) is 21.7 Å². The van der Waals surface area contributed by atoms with Crippen molar-refractivity contribution in [2.75, 3.05) is 23.8 Å². The smallest absolute Gasteiger partial charge is 0.316 e. The lowest BCUT2D eigenvalue weighted by molar-refractivity contribution is 0.340. The summed E-state index contributed by atoms with van der Waals surface area (Å²) in [6, 6.07) is 15.3. The summed E-state index contributed by atoms with van der Waals surface area (Å²) < 4.78 is 10.8. The number of hydrogen-bond donors (Lipinski definition) is 3. The van der Waals surface area contributed by atoms with Gasteiger partial charge in [0.05, 0.1) is 13.2 Å². The molecule has 24 heavy (non-hydrogen) atoms. The predicted octanol–water partition coefficient (Wildman–Crippen LogP) is 3.54. The molecule has 0 unspecified atom stereocenters. The zero-order valence-electron chi connectivity index (χ0n) is 13.5. The Morgan fingerprint density at radius 3 is 1.42 bits per heavy atom. The number of hydrogen-bond acceptors (Lipinski definition) is 4. The fourth-order valence-electron chi connectivity index (χ4n) is 1.90. The minimum Gasteiger partial charge on any atom is -0.494 e. The maximum atomic E-state index is 5.40. The lowest BCUT2D eigenvalue weighted by Crippen LogP contribution is -2.18. The molecule has 0 fully saturated rings. The molecule has 0 amide bonds. The van der Waals surface area contributed by atoms with Gasteiger partial charge in [-0.3, -0.25) is 0 Å². The van der Waals surface area contributed by atoms with Gasteiger partial charge >= 0.3 is 23.1 Å². The van der Waals surface area contributed by atoms with Crippen molar-refractivity contribution in [3.8, 4) is 11.5 Å². The molecular weight excluding hydrogens is 335 g/mol. The molecule has 128 valence electrons. The van der Waals surface area contributed by atoms with E-state index in [1.54, 1.807) is 0 Å². The summed E-state index contributed by atoms with van der Waals surface area (Å²) in [4.78, 5) is 0. The quantitative estimate of drug-likeness (QED) is 0.541. The van der Waals surface area contributed by atoms with Crippen molar-refractivity contribution in [3.05, 3.63) is 48.5 Å². The minimum absolute atomic E-state index is 0. The summed E-state index contributed by atoms with van der Waals surface area (Å²) >= 11 is 5.30. The number of nitrogens with one attached hydrogen (secondary N) is 2. The van der Waals surface area contributed by atoms with Crippen molar-refractivity contribution < 1.29 is 9.47 Å². The van der Waals surface area contributed by atoms with Gasteiger partial charge in [0.1, 0.15) is 11.5 Å². The van der Waals surface area contributed by atoms with E-state index in [-0.39, 0.29) is 29.2 Å². The maximum absolute atomic E-state index is 5.40. The van der Waals surface area contributed by atoms with Crippen molar-refractivity contribution in [3.63, 3.8) is 0 Å². The third-order valence-corrected chi connectivity index (χ3v) is 3.05. The second-order valence-electron chi connectivity index (χ2n) is 4.49. The van der Waals surface area contributed by atoms with Gasteiger partial charge in [-0.2, -0.15) is 0 Å². The minimum atomic E-state index is 0. The third-order valence-electron chi connectivity index (χ3n) is 2.85. The third kappa shape index (κ3) is 7.35. The molecular formula is C17H25MgN3O2S. The van der Waals surface area contributed by atoms with Crippen molar-refractivity contribution in [2.45, 2.75) is 13.8 Å². The lowest BCUT2D eigenvalue weighted by Gasteiger charge is -2.12. The second kappa shape index (κ2) is 11.9. The lowest BCUT2D eigenvalue weighted by atomic mass is 10.3. The molecule has 2 rings (SSSR count). The number of anilines is 2. The van der Waals surface area contributed by atoms with Crippen LogP contribution in [0.5, 0.6) is 11.5 Å². The number of ether oxygens (including phenoxy) is 2. The Kier molecular flexibility index (Phi) is 11.1. The van der Waals surface area contributed by atoms with E-state index < -0.39 is 0 Å². The van der Waals surface area contributed by atoms with Crippen LogP contribution in [0.3, 0.4) is 0 Å². The Labute approximate surface area is 164 Å². The fraction of sp³-hybridized carbons (Fsp3) is 0.235. The summed E-state index contributed by atoms with van der Waals surface area (Å²) in [5.41, 5.74) is 1.82. The Balaban J connectivity index is 0.00000264. The van der Waals surface area contributed by atoms with Crippen molar-refractivity contribution in [1.29, 1.82) is 0 Å². The van der Waals surface area contributed by atoms with Gasteiger partial charge in [0, 0.05) is 11.4 Å². The molecule has 5 nitrogen and oxygen atoms in total. The highest BCUT2D eigenvalue weighted by Crippen LogP contribution is 2.18. The Bertz CT molecular complexity index is 553. The SMILES string of the molecule is CCOc1ccc(NC(=S)Nc2ccc(OCC)cc2)cc1.N.[MgH2]. The Morgan fingerprint density at radius 2 is 1.12 bits per heavy atom. The van der Waals surface area contributed by atoms with E-state index in [2.05, 4.69) is 10.6 Å². The van der Waals surface area contributed by atoms with Crippen LogP contribution < -0.4 is 26.3 Å². The summed E-state index contributed by atoms with van der Waals surface area (Å²) in [7, 11) is 0. The monoisotopic (exact) mass is 359 g/mol. The van der Waals surface area contributed by atoms with Crippen LogP contribution in [0.25, 0.3) is 0 Å². The Morgan fingerprint density at radius 1 is 0.792 bits per heavy atom. The number of benzene rings is 2. The standard InChI is InChI=1S/C17H20N2O2S.Mg.H3N.2H/c1-3-20-15-9-5-13(6-10-15)18-17(22)19-14-7-11-16(12-8-14)21-4-2;;;;/h5-12H,3-4H2,1-2H3,(H2,18,19,22);;1H3;;. The van der Waals surface area contributed by atoms with Gasteiger partial charge in [-0.25, -0.2) is 0 Å². The molecule has 0 atom stereocenters. The Hall–Kier alpha value is -1.54. The maximum Gasteiger partial charge on any atom is 0.316 e. The first-order chi connectivity index (χ1) is 10.7. The molecule has 0 spiro atoms. The molecule has 0 saturated carbocycles. The van der Waals surface area contributed by atoms with E-state index in [0.29, 0.717) is 18.3 Å². The normalized spacial score (nSPS) is 9.08. The van der Waals surface area contributed by atoms with Crippen molar-refractivity contribution >= 4 is 51.8 Å². The van der Waals surface area contributed by atoms with Crippen molar-refractivity contribution in [1.82, 2.24) is 6.15 Å². The van der Waals surface area contributed by atoms with Crippen molar-refractivity contribution in [2.24, 2.45) is 0 Å². The van der Waals surface area contributed by atoms with Crippen LogP contribution in [0.15, 0.2) is 48.5 Å². The molecule has 0 saturated heterocycles. The van der Waals surface area contributed by atoms with E-state index in [1.165, 1.54) is 0 Å². The van der Waals surface area contributed by atoms with E-state index >= 15 is 0 Å². The van der Waals surface area contributed by atoms with Gasteiger partial charge in [-0.15, -0.1) is 0 Å². The highest BCUT2D eigenvalue weighted by molar-refractivity contribution is 7.80. The molecule has 0 aliphatic carbocycles. The van der Waals surface area contributed by atoms with Gasteiger partial charge < -0.3 is 26.3 Å². The highest BCUT2D eigenvalue weighted by Gasteiger charge is 2.00. The zero-order valence-corrected chi connectivity index (χ0v) is 14.3. The summed E-state index contributed by atoms with van der Waals surface area (Å²) in [6.45, 7) is 5.24. The first-order valence-corrected chi connectivity index (χ1v) is 7.65. The number of rotatable bonds is 6. The van der Waals surface area contributed by atoms with E-state index in [0.717, 1.165) is 22.9 Å². The van der Waals surface area contributed by atoms with Crippen LogP contribution in [0.2, 0.25) is 0 Å². The average molecular weight is 360 g/mol. The predicted molar refractivity (Wildman–Crippen MR) is 109 cm³/mol. The fourth-order valence-corrected chi connectivity index (χ4v) is 2.13. The molecule has 0 bridgehead atoms. The average Bonchev–Trinajstić information content (AvgIpc) is 2.52. The molecule has 7 heteroatoms. The largest absolute Gasteiger partial charge is 0.494 e. The summed E-state index contributed by atoms with van der Waals surface area (Å²) in [5.74, 6) is 1.69. The highest BCUT2D eigenvalue weighted by atomic mass is 32.1. The molecule has 0 aromatic heterocycles. The van der Waals surface area contributed by atoms with Crippen LogP contribution in [-0.2, 0) is 0 Å². The topological polar surface area (TPSA) is 77.5 Å². The zero-order chi connectivity index (χ0) is 15.8. The second-order valence-corrected chi connectivity index (χ2v) is 4.90. The molecule has 0 radical (unpaired) electrons. The summed E-state index contributed by atoms with van der Waals surface area (Å²) in [5, 5.41) is 6.80. The van der Waals surface area contributed by atoms with E-state index in [9.17, 15) is 0 Å². The molecule has 0 aliphatic heterocycles. The molecule has 2 aromatic carbocycles. The van der Waals surface area contributed by atoms with Gasteiger partial charge in [0.25, 0.3) is 0 Å². The first-order valence-electron chi connectivity index (χ1n) is 7.25. The van der Waals surface area contributed by atoms with Crippen LogP contribution in [0.1, 0.15) is 13.8 Å². The van der Waals surface area contributed by atoms with Crippen LogP contribution >= 0.6 is 12.2 Å². The van der Waals surface area contributed by atoms with Crippen LogP contribution in [0.4, 0.5) is 11.4 Å². The molecule has 5 N–H and O–H groups in total. The van der Waals surface area contributed by atoms with Crippen LogP contribution in [0, 0.1) is 0 Å². The van der Waals surface area contributed by atoms with Gasteiger partial charge in [-0.05, 0) is 74.6 Å². The first kappa shape index (κ1) is 22.5. The van der Waals surface area contributed by atoms with E-state index in [1.807, 2.05) is 62.4 Å². The summed E-state index contributed by atoms with van der Waals surface area (Å²) in [6.07, 6.45) is 0. The van der Waals surface area contributed by atoms with Gasteiger partial charge in [0.2, 0.25) is 0 Å². The number of thiocarbonyl (C=S) groups is 1. The van der Waals surface area contributed by atoms with Gasteiger partial charge in [0.15, 0.2) is 5.11 Å². The van der Waals surface area contributed by atoms with Crippen LogP contribution in [-0.4, -0.2) is 41.4 Å².